The molecule has 4 bridgehead atoms. The van der Waals surface area contributed by atoms with E-state index in [1.807, 2.05) is 0 Å². The lowest BCUT2D eigenvalue weighted by molar-refractivity contribution is -0.0276. The van der Waals surface area contributed by atoms with Crippen LogP contribution in [0.3, 0.4) is 0 Å². The Labute approximate surface area is 220 Å². The highest BCUT2D eigenvalue weighted by Gasteiger charge is 2.59. The molecule has 4 aliphatic carbocycles. The normalized spacial score (nSPS) is 29.0. The average Bonchev–Trinajstić information content (AvgIpc) is 3.20. The number of rotatable bonds is 6. The lowest BCUT2D eigenvalue weighted by Crippen LogP contribution is -2.56. The van der Waals surface area contributed by atoms with Gasteiger partial charge in [0.25, 0.3) is 0 Å². The van der Waals surface area contributed by atoms with Crippen LogP contribution in [0.25, 0.3) is 21.8 Å². The van der Waals surface area contributed by atoms with Crippen LogP contribution in [0.2, 0.25) is 5.02 Å². The van der Waals surface area contributed by atoms with Crippen molar-refractivity contribution in [3.63, 3.8) is 0 Å². The lowest BCUT2D eigenvalue weighted by atomic mass is 9.41. The van der Waals surface area contributed by atoms with Gasteiger partial charge < -0.3 is 9.88 Å². The number of aryl methyl sites for hydroxylation is 1. The highest BCUT2D eigenvalue weighted by Crippen LogP contribution is 2.67. The molecular weight excluding hydrogens is 460 g/mol. The molecule has 2 nitrogen and oxygen atoms in total. The fourth-order valence-corrected chi connectivity index (χ4v) is 9.20. The standard InChI is InChI=1S/C33H37ClN2/c1-3-35-20-22-14-28-27-7-5-6-8-30(27)36(4-2)31(28)29(15-22)33-18-23-13-24(19-33)17-32(16-23,21-33)25-9-11-26(34)12-10-25/h5-12,14-15,23-24,35H,3-4,13,16-21H2,1-2H3. The van der Waals surface area contributed by atoms with E-state index >= 15 is 0 Å². The van der Waals surface area contributed by atoms with Crippen LogP contribution in [0.4, 0.5) is 0 Å². The van der Waals surface area contributed by atoms with Crippen molar-refractivity contribution in [1.82, 2.24) is 9.88 Å². The molecule has 3 aromatic carbocycles. The molecule has 36 heavy (non-hydrogen) atoms. The Balaban J connectivity index is 1.47. The molecular formula is C33H37ClN2. The van der Waals surface area contributed by atoms with Crippen LogP contribution in [-0.4, -0.2) is 11.1 Å². The molecule has 1 aromatic heterocycles. The lowest BCUT2D eigenvalue weighted by Gasteiger charge is -2.63. The van der Waals surface area contributed by atoms with Crippen LogP contribution in [0.5, 0.6) is 0 Å². The van der Waals surface area contributed by atoms with Crippen LogP contribution >= 0.6 is 11.6 Å². The van der Waals surface area contributed by atoms with Gasteiger partial charge in [0.1, 0.15) is 0 Å². The molecule has 4 saturated carbocycles. The first-order chi connectivity index (χ1) is 17.5. The molecule has 2 atom stereocenters. The second-order valence-electron chi connectivity index (χ2n) is 12.1. The third kappa shape index (κ3) is 3.33. The number of nitrogens with one attached hydrogen (secondary N) is 1. The van der Waals surface area contributed by atoms with E-state index in [-0.39, 0.29) is 5.41 Å². The summed E-state index contributed by atoms with van der Waals surface area (Å²) in [7, 11) is 0. The number of nitrogens with zero attached hydrogens (tertiary/aromatic N) is 1. The highest BCUT2D eigenvalue weighted by atomic mass is 35.5. The Hall–Kier alpha value is -2.29. The fourth-order valence-electron chi connectivity index (χ4n) is 9.07. The fraction of sp³-hybridized carbons (Fsp3) is 0.455. The number of hydrogen-bond donors (Lipinski definition) is 1. The third-order valence-electron chi connectivity index (χ3n) is 9.91. The van der Waals surface area contributed by atoms with Gasteiger partial charge in [-0.05, 0) is 116 Å². The van der Waals surface area contributed by atoms with Gasteiger partial charge in [0.05, 0.1) is 5.52 Å². The maximum atomic E-state index is 6.33. The molecule has 4 fully saturated rings. The van der Waals surface area contributed by atoms with Gasteiger partial charge in [-0.25, -0.2) is 0 Å². The van der Waals surface area contributed by atoms with Crippen LogP contribution in [0.15, 0.2) is 60.7 Å². The predicted octanol–water partition coefficient (Wildman–Crippen LogP) is 8.37. The van der Waals surface area contributed by atoms with Gasteiger partial charge in [-0.15, -0.1) is 0 Å². The largest absolute Gasteiger partial charge is 0.341 e. The zero-order chi connectivity index (χ0) is 24.5. The molecule has 186 valence electrons. The summed E-state index contributed by atoms with van der Waals surface area (Å²) in [5.74, 6) is 1.66. The number of halogens is 1. The SMILES string of the molecule is CCNCc1cc(C23CC4CC(CC(c5ccc(Cl)cc5)(C4)C2)C3)c2c(c1)c1ccccc1n2CC. The van der Waals surface area contributed by atoms with E-state index < -0.39 is 0 Å². The van der Waals surface area contributed by atoms with Crippen molar-refractivity contribution in [2.75, 3.05) is 6.54 Å². The molecule has 0 amide bonds. The second kappa shape index (κ2) is 8.36. The summed E-state index contributed by atoms with van der Waals surface area (Å²) in [6.45, 7) is 7.47. The molecule has 8 rings (SSSR count). The average molecular weight is 497 g/mol. The minimum atomic E-state index is 0.255. The molecule has 0 saturated heterocycles. The van der Waals surface area contributed by atoms with Gasteiger partial charge in [0, 0.05) is 34.4 Å². The maximum absolute atomic E-state index is 6.33. The molecule has 3 heteroatoms. The first-order valence-electron chi connectivity index (χ1n) is 14.1. The summed E-state index contributed by atoms with van der Waals surface area (Å²) >= 11 is 6.33. The molecule has 1 heterocycles. The maximum Gasteiger partial charge on any atom is 0.0529 e. The number of benzene rings is 3. The molecule has 4 aromatic rings. The Morgan fingerprint density at radius 1 is 0.889 bits per heavy atom. The summed E-state index contributed by atoms with van der Waals surface area (Å²) in [5.41, 5.74) is 8.04. The topological polar surface area (TPSA) is 17.0 Å². The quantitative estimate of drug-likeness (QED) is 0.283. The molecule has 0 spiro atoms. The van der Waals surface area contributed by atoms with Crippen LogP contribution in [0, 0.1) is 11.8 Å². The first kappa shape index (κ1) is 22.9. The van der Waals surface area contributed by atoms with Crippen molar-refractivity contribution < 1.29 is 0 Å². The van der Waals surface area contributed by atoms with E-state index in [9.17, 15) is 0 Å². The van der Waals surface area contributed by atoms with Crippen molar-refractivity contribution in [3.8, 4) is 0 Å². The van der Waals surface area contributed by atoms with Crippen molar-refractivity contribution in [3.05, 3.63) is 82.4 Å². The minimum Gasteiger partial charge on any atom is -0.341 e. The van der Waals surface area contributed by atoms with Gasteiger partial charge >= 0.3 is 0 Å². The van der Waals surface area contributed by atoms with Gasteiger partial charge in [-0.3, -0.25) is 0 Å². The first-order valence-corrected chi connectivity index (χ1v) is 14.4. The predicted molar refractivity (Wildman–Crippen MR) is 152 cm³/mol. The summed E-state index contributed by atoms with van der Waals surface area (Å²) < 4.78 is 2.62. The number of fused-ring (bicyclic) bond motifs is 3. The summed E-state index contributed by atoms with van der Waals surface area (Å²) in [5, 5.41) is 7.33. The minimum absolute atomic E-state index is 0.255. The summed E-state index contributed by atoms with van der Waals surface area (Å²) in [6.07, 6.45) is 8.11. The van der Waals surface area contributed by atoms with E-state index in [2.05, 4.69) is 84.4 Å². The number of hydrogen-bond acceptors (Lipinski definition) is 1. The molecule has 4 aliphatic rings. The van der Waals surface area contributed by atoms with E-state index in [4.69, 9.17) is 11.6 Å². The Morgan fingerprint density at radius 2 is 1.61 bits per heavy atom. The molecule has 2 unspecified atom stereocenters. The smallest absolute Gasteiger partial charge is 0.0529 e. The summed E-state index contributed by atoms with van der Waals surface area (Å²) in [6, 6.07) is 23.1. The van der Waals surface area contributed by atoms with E-state index in [1.54, 1.807) is 5.56 Å². The van der Waals surface area contributed by atoms with Crippen molar-refractivity contribution in [1.29, 1.82) is 0 Å². The van der Waals surface area contributed by atoms with Gasteiger partial charge in [0.15, 0.2) is 0 Å². The van der Waals surface area contributed by atoms with E-state index in [1.165, 1.54) is 71.5 Å². The zero-order valence-electron chi connectivity index (χ0n) is 21.6. The van der Waals surface area contributed by atoms with Gasteiger partial charge in [-0.1, -0.05) is 54.9 Å². The number of aromatic nitrogens is 1. The Morgan fingerprint density at radius 3 is 2.33 bits per heavy atom. The van der Waals surface area contributed by atoms with Gasteiger partial charge in [-0.2, -0.15) is 0 Å². The van der Waals surface area contributed by atoms with Gasteiger partial charge in [0.2, 0.25) is 0 Å². The van der Waals surface area contributed by atoms with Crippen LogP contribution in [0.1, 0.15) is 69.1 Å². The summed E-state index contributed by atoms with van der Waals surface area (Å²) in [4.78, 5) is 0. The molecule has 0 aliphatic heterocycles. The second-order valence-corrected chi connectivity index (χ2v) is 12.5. The van der Waals surface area contributed by atoms with Crippen molar-refractivity contribution >= 4 is 33.4 Å². The Bertz CT molecular complexity index is 1430. The van der Waals surface area contributed by atoms with Crippen LogP contribution in [-0.2, 0) is 23.9 Å². The monoisotopic (exact) mass is 496 g/mol. The highest BCUT2D eigenvalue weighted by molar-refractivity contribution is 6.30. The van der Waals surface area contributed by atoms with Crippen molar-refractivity contribution in [2.24, 2.45) is 11.8 Å². The van der Waals surface area contributed by atoms with Crippen LogP contribution < -0.4 is 5.32 Å². The zero-order valence-corrected chi connectivity index (χ0v) is 22.4. The number of para-hydroxylation sites is 1. The molecule has 1 N–H and O–H groups in total. The Kier molecular flexibility index (Phi) is 5.31. The van der Waals surface area contributed by atoms with E-state index in [0.717, 1.165) is 36.5 Å². The third-order valence-corrected chi connectivity index (χ3v) is 10.2. The van der Waals surface area contributed by atoms with E-state index in [0.29, 0.717) is 5.41 Å². The van der Waals surface area contributed by atoms with Crippen molar-refractivity contribution in [2.45, 2.75) is 76.3 Å². The molecule has 0 radical (unpaired) electrons.